The molecule has 0 radical (unpaired) electrons. The highest BCUT2D eigenvalue weighted by Gasteiger charge is 2.63. The molecule has 0 aliphatic rings. The van der Waals surface area contributed by atoms with Crippen molar-refractivity contribution in [2.24, 2.45) is 0 Å². The van der Waals surface area contributed by atoms with Gasteiger partial charge in [-0.25, -0.2) is 0 Å². The van der Waals surface area contributed by atoms with E-state index in [-0.39, 0.29) is 6.54 Å². The Hall–Kier alpha value is -0.530. The summed E-state index contributed by atoms with van der Waals surface area (Å²) < 4.78 is 60.6. The normalized spacial score (nSPS) is 13.6. The van der Waals surface area contributed by atoms with Gasteiger partial charge in [-0.15, -0.1) is 0 Å². The second-order valence-electron chi connectivity index (χ2n) is 3.85. The number of nitrogens with one attached hydrogen (secondary N) is 1. The van der Waals surface area contributed by atoms with Crippen LogP contribution in [0.15, 0.2) is 0 Å². The zero-order valence-electron chi connectivity index (χ0n) is 10.3. The van der Waals surface area contributed by atoms with E-state index in [1.165, 1.54) is 11.8 Å². The van der Waals surface area contributed by atoms with Crippen LogP contribution >= 0.6 is 11.8 Å². The van der Waals surface area contributed by atoms with Gasteiger partial charge in [-0.3, -0.25) is 4.79 Å². The van der Waals surface area contributed by atoms with E-state index in [2.05, 4.69) is 0 Å². The molecule has 0 spiro atoms. The molecule has 0 rings (SSSR count). The Kier molecular flexibility index (Phi) is 5.90. The summed E-state index contributed by atoms with van der Waals surface area (Å²) in [4.78, 5) is 10.9. The molecule has 8 heteroatoms. The fourth-order valence-corrected chi connectivity index (χ4v) is 2.14. The molecule has 0 aliphatic heterocycles. The van der Waals surface area contributed by atoms with Crippen molar-refractivity contribution < 1.29 is 26.7 Å². The molecule has 18 heavy (non-hydrogen) atoms. The number of carbonyl (C=O) groups is 1. The van der Waals surface area contributed by atoms with Gasteiger partial charge in [-0.2, -0.15) is 33.7 Å². The van der Waals surface area contributed by atoms with Gasteiger partial charge in [-0.1, -0.05) is 13.8 Å². The summed E-state index contributed by atoms with van der Waals surface area (Å²) in [7, 11) is 0. The van der Waals surface area contributed by atoms with E-state index in [1.54, 1.807) is 25.4 Å². The maximum Gasteiger partial charge on any atom is 0.463 e. The van der Waals surface area contributed by atoms with Gasteiger partial charge in [-0.05, 0) is 19.1 Å². The minimum atomic E-state index is -5.86. The first-order valence-electron chi connectivity index (χ1n) is 5.34. The van der Waals surface area contributed by atoms with Gasteiger partial charge in [0.05, 0.1) is 0 Å². The van der Waals surface area contributed by atoms with Crippen LogP contribution in [0, 0.1) is 0 Å². The average molecular weight is 293 g/mol. The molecule has 0 aromatic rings. The first kappa shape index (κ1) is 17.5. The lowest BCUT2D eigenvalue weighted by atomic mass is 10.0. The third-order valence-corrected chi connectivity index (χ3v) is 4.52. The van der Waals surface area contributed by atoms with Gasteiger partial charge in [0.1, 0.15) is 0 Å². The fraction of sp³-hybridized carbons (Fsp3) is 0.900. The molecule has 1 amide bonds. The Labute approximate surface area is 107 Å². The van der Waals surface area contributed by atoms with E-state index in [0.717, 1.165) is 0 Å². The molecule has 108 valence electrons. The molecule has 0 saturated heterocycles. The first-order valence-corrected chi connectivity index (χ1v) is 6.56. The zero-order chi connectivity index (χ0) is 14.6. The number of hydrogen-bond acceptors (Lipinski definition) is 2. The Bertz CT molecular complexity index is 280. The Morgan fingerprint density at radius 1 is 1.11 bits per heavy atom. The third-order valence-electron chi connectivity index (χ3n) is 2.93. The summed E-state index contributed by atoms with van der Waals surface area (Å²) in [6.07, 6.45) is -3.02. The van der Waals surface area contributed by atoms with Crippen molar-refractivity contribution in [3.63, 3.8) is 0 Å². The lowest BCUT2D eigenvalue weighted by Crippen LogP contribution is -2.53. The molecular formula is C10H16F5NOS. The van der Waals surface area contributed by atoms with Crippen molar-refractivity contribution in [3.8, 4) is 0 Å². The molecule has 0 saturated carbocycles. The molecule has 0 atom stereocenters. The van der Waals surface area contributed by atoms with Crippen molar-refractivity contribution in [1.29, 1.82) is 0 Å². The topological polar surface area (TPSA) is 29.1 Å². The number of thioether (sulfide) groups is 1. The van der Waals surface area contributed by atoms with Crippen LogP contribution in [0.4, 0.5) is 22.0 Å². The number of alkyl halides is 5. The highest BCUT2D eigenvalue weighted by atomic mass is 32.2. The highest BCUT2D eigenvalue weighted by Crippen LogP contribution is 2.36. The fourth-order valence-electron chi connectivity index (χ4n) is 1.34. The molecule has 2 nitrogen and oxygen atoms in total. The third kappa shape index (κ3) is 3.73. The number of rotatable bonds is 6. The Balaban J connectivity index is 4.70. The lowest BCUT2D eigenvalue weighted by molar-refractivity contribution is -0.269. The number of hydrogen-bond donors (Lipinski definition) is 1. The molecule has 1 N–H and O–H groups in total. The molecule has 0 aromatic carbocycles. The predicted octanol–water partition coefficient (Wildman–Crippen LogP) is 3.22. The number of carbonyl (C=O) groups excluding carboxylic acids is 1. The number of halogens is 5. The average Bonchev–Trinajstić information content (AvgIpc) is 2.29. The standard InChI is InChI=1S/C10H16F5NOS/c1-4-8(5-2,18-3)6-16-7(17)9(11,12)10(13,14)15/h4-6H2,1-3H3,(H,16,17). The molecule has 0 fully saturated rings. The van der Waals surface area contributed by atoms with Crippen LogP contribution < -0.4 is 5.32 Å². The second kappa shape index (κ2) is 6.08. The summed E-state index contributed by atoms with van der Waals surface area (Å²) in [5.74, 6) is -7.64. The van der Waals surface area contributed by atoms with Gasteiger partial charge >= 0.3 is 12.1 Å². The van der Waals surface area contributed by atoms with Gasteiger partial charge in [0, 0.05) is 11.3 Å². The van der Waals surface area contributed by atoms with Crippen molar-refractivity contribution in [2.75, 3.05) is 12.8 Å². The van der Waals surface area contributed by atoms with E-state index < -0.39 is 22.8 Å². The summed E-state index contributed by atoms with van der Waals surface area (Å²) >= 11 is 1.34. The quantitative estimate of drug-likeness (QED) is 0.762. The maximum absolute atomic E-state index is 12.7. The first-order chi connectivity index (χ1) is 8.06. The van der Waals surface area contributed by atoms with Gasteiger partial charge < -0.3 is 5.32 Å². The van der Waals surface area contributed by atoms with Crippen LogP contribution in [-0.2, 0) is 4.79 Å². The molecule has 0 aromatic heterocycles. The van der Waals surface area contributed by atoms with Crippen molar-refractivity contribution in [3.05, 3.63) is 0 Å². The summed E-state index contributed by atoms with van der Waals surface area (Å²) in [5.41, 5.74) is 0. The minimum Gasteiger partial charge on any atom is -0.349 e. The van der Waals surface area contributed by atoms with Gasteiger partial charge in [0.2, 0.25) is 0 Å². The molecule has 0 bridgehead atoms. The Morgan fingerprint density at radius 3 is 1.83 bits per heavy atom. The summed E-state index contributed by atoms with van der Waals surface area (Å²) in [6, 6.07) is 0. The Morgan fingerprint density at radius 2 is 1.56 bits per heavy atom. The maximum atomic E-state index is 12.7. The number of amides is 1. The predicted molar refractivity (Wildman–Crippen MR) is 60.8 cm³/mol. The smallest absolute Gasteiger partial charge is 0.349 e. The van der Waals surface area contributed by atoms with Crippen LogP contribution in [0.2, 0.25) is 0 Å². The minimum absolute atomic E-state index is 0.217. The molecule has 0 unspecified atom stereocenters. The largest absolute Gasteiger partial charge is 0.463 e. The second-order valence-corrected chi connectivity index (χ2v) is 5.12. The van der Waals surface area contributed by atoms with E-state index in [4.69, 9.17) is 0 Å². The van der Waals surface area contributed by atoms with Crippen molar-refractivity contribution in [1.82, 2.24) is 5.32 Å². The highest BCUT2D eigenvalue weighted by molar-refractivity contribution is 8.00. The van der Waals surface area contributed by atoms with Crippen LogP contribution in [0.3, 0.4) is 0 Å². The van der Waals surface area contributed by atoms with Crippen LogP contribution in [0.25, 0.3) is 0 Å². The van der Waals surface area contributed by atoms with E-state index >= 15 is 0 Å². The zero-order valence-corrected chi connectivity index (χ0v) is 11.1. The van der Waals surface area contributed by atoms with Crippen molar-refractivity contribution in [2.45, 2.75) is 43.5 Å². The van der Waals surface area contributed by atoms with Gasteiger partial charge in [0.25, 0.3) is 5.91 Å². The van der Waals surface area contributed by atoms with Crippen LogP contribution in [0.1, 0.15) is 26.7 Å². The molecular weight excluding hydrogens is 277 g/mol. The summed E-state index contributed by atoms with van der Waals surface area (Å²) in [5, 5.41) is 1.69. The van der Waals surface area contributed by atoms with E-state index in [1.807, 2.05) is 0 Å². The van der Waals surface area contributed by atoms with E-state index in [9.17, 15) is 26.7 Å². The summed E-state index contributed by atoms with van der Waals surface area (Å²) in [6.45, 7) is 3.35. The van der Waals surface area contributed by atoms with Crippen molar-refractivity contribution >= 4 is 17.7 Å². The van der Waals surface area contributed by atoms with Crippen LogP contribution in [0.5, 0.6) is 0 Å². The van der Waals surface area contributed by atoms with E-state index in [0.29, 0.717) is 12.8 Å². The molecule has 0 heterocycles. The SMILES string of the molecule is CCC(CC)(CNC(=O)C(F)(F)C(F)(F)F)SC. The van der Waals surface area contributed by atoms with Crippen LogP contribution in [-0.4, -0.2) is 35.6 Å². The van der Waals surface area contributed by atoms with Gasteiger partial charge in [0.15, 0.2) is 0 Å². The molecule has 0 aliphatic carbocycles. The monoisotopic (exact) mass is 293 g/mol. The lowest BCUT2D eigenvalue weighted by Gasteiger charge is -2.30.